The van der Waals surface area contributed by atoms with Gasteiger partial charge in [0, 0.05) is 18.2 Å². The van der Waals surface area contributed by atoms with E-state index in [0.717, 1.165) is 36.7 Å². The highest BCUT2D eigenvalue weighted by Gasteiger charge is 2.44. The van der Waals surface area contributed by atoms with Gasteiger partial charge < -0.3 is 19.3 Å². The number of carbonyl (C=O) groups excluding carboxylic acids is 1. The number of aryl methyl sites for hydroxylation is 1. The lowest BCUT2D eigenvalue weighted by atomic mass is 10.0. The lowest BCUT2D eigenvalue weighted by molar-refractivity contribution is -0.134. The number of unbranched alkanes of at least 4 members (excludes halogenated alkanes) is 16. The zero-order valence-electron chi connectivity index (χ0n) is 35.2. The van der Waals surface area contributed by atoms with Crippen LogP contribution in [-0.4, -0.2) is 44.6 Å². The van der Waals surface area contributed by atoms with Crippen LogP contribution < -0.4 is 16.0 Å². The van der Waals surface area contributed by atoms with E-state index in [-0.39, 0.29) is 30.3 Å². The second-order valence-corrected chi connectivity index (χ2v) is 19.8. The molecule has 17 nitrogen and oxygen atoms in total. The zero-order valence-corrected chi connectivity index (χ0v) is 37.9. The standard InChI is InChI=1S/C40H65N2O15P3/c1-4-6-8-9-10-11-12-13-14-15-16-17-18-19-20-21-29-51-60(50,53-31-34-23-25-35(26-24-34)55-38(43)22-7-5-2)57-59(48,49)56-58(46,47)52-32-36-27-28-37(54-36)42-30-33(3)39(44)41-40(42)45/h23-28,30,36-37H,4-22,29,31-32H2,1-3H3,(H,46,47)(H,48,49)(H,41,44,45)/t36-,37+,60?/m0/s1. The second kappa shape index (κ2) is 27.5. The van der Waals surface area contributed by atoms with Crippen molar-refractivity contribution in [1.29, 1.82) is 0 Å². The molecule has 0 saturated heterocycles. The van der Waals surface area contributed by atoms with Crippen molar-refractivity contribution in [2.75, 3.05) is 13.2 Å². The Morgan fingerprint density at radius 1 is 0.733 bits per heavy atom. The third-order valence-electron chi connectivity index (χ3n) is 9.56. The van der Waals surface area contributed by atoms with Crippen LogP contribution in [0.2, 0.25) is 0 Å². The van der Waals surface area contributed by atoms with Crippen molar-refractivity contribution in [3.05, 3.63) is 74.6 Å². The molecule has 1 aromatic heterocycles. The van der Waals surface area contributed by atoms with Gasteiger partial charge in [0.05, 0.1) is 19.8 Å². The number of hydrogen-bond acceptors (Lipinski definition) is 13. The van der Waals surface area contributed by atoms with Gasteiger partial charge >= 0.3 is 35.1 Å². The number of phosphoric acid groups is 3. The summed E-state index contributed by atoms with van der Waals surface area (Å²) in [5.74, 6) is -0.111. The predicted octanol–water partition coefficient (Wildman–Crippen LogP) is 10.2. The summed E-state index contributed by atoms with van der Waals surface area (Å²) in [6.45, 7) is 4.38. The minimum atomic E-state index is -5.67. The van der Waals surface area contributed by atoms with Crippen LogP contribution in [0.5, 0.6) is 5.75 Å². The van der Waals surface area contributed by atoms with E-state index in [4.69, 9.17) is 27.4 Å². The van der Waals surface area contributed by atoms with Crippen molar-refractivity contribution in [2.45, 2.75) is 162 Å². The quantitative estimate of drug-likeness (QED) is 0.0199. The number of rotatable bonds is 33. The van der Waals surface area contributed by atoms with Crippen molar-refractivity contribution >= 4 is 29.4 Å². The Labute approximate surface area is 353 Å². The smallest absolute Gasteiger partial charge is 0.427 e. The molecule has 0 radical (unpaired) electrons. The summed E-state index contributed by atoms with van der Waals surface area (Å²) in [5.41, 5.74) is -0.666. The summed E-state index contributed by atoms with van der Waals surface area (Å²) in [5, 5.41) is 0. The fraction of sp³-hybridized carbons (Fsp3) is 0.675. The van der Waals surface area contributed by atoms with E-state index in [2.05, 4.69) is 16.2 Å². The minimum absolute atomic E-state index is 0.180. The molecule has 3 unspecified atom stereocenters. The van der Waals surface area contributed by atoms with Crippen molar-refractivity contribution < 1.29 is 59.9 Å². The number of phosphoric ester groups is 2. The first-order valence-electron chi connectivity index (χ1n) is 21.2. The Balaban J connectivity index is 1.49. The highest BCUT2D eigenvalue weighted by molar-refractivity contribution is 7.67. The first kappa shape index (κ1) is 51.8. The molecule has 0 aliphatic carbocycles. The van der Waals surface area contributed by atoms with Crippen molar-refractivity contribution in [3.8, 4) is 5.75 Å². The van der Waals surface area contributed by atoms with Gasteiger partial charge in [-0.25, -0.2) is 18.5 Å². The predicted molar refractivity (Wildman–Crippen MR) is 226 cm³/mol. The monoisotopic (exact) mass is 906 g/mol. The van der Waals surface area contributed by atoms with Gasteiger partial charge in [0.1, 0.15) is 11.9 Å². The van der Waals surface area contributed by atoms with Crippen LogP contribution in [-0.2, 0) is 52.0 Å². The molecule has 20 heteroatoms. The van der Waals surface area contributed by atoms with E-state index in [1.807, 2.05) is 6.92 Å². The lowest BCUT2D eigenvalue weighted by Gasteiger charge is -2.22. The summed E-state index contributed by atoms with van der Waals surface area (Å²) in [7, 11) is -16.0. The molecule has 0 fully saturated rings. The van der Waals surface area contributed by atoms with Gasteiger partial charge in [-0.2, -0.15) is 8.62 Å². The zero-order chi connectivity index (χ0) is 43.9. The van der Waals surface area contributed by atoms with E-state index in [0.29, 0.717) is 18.4 Å². The van der Waals surface area contributed by atoms with E-state index < -0.39 is 60.3 Å². The maximum Gasteiger partial charge on any atom is 0.490 e. The maximum atomic E-state index is 13.7. The van der Waals surface area contributed by atoms with Crippen molar-refractivity contribution in [1.82, 2.24) is 9.55 Å². The second-order valence-electron chi connectivity index (χ2n) is 14.9. The maximum absolute atomic E-state index is 13.7. The molecule has 340 valence electrons. The van der Waals surface area contributed by atoms with Gasteiger partial charge in [-0.05, 0) is 43.5 Å². The molecule has 1 aromatic carbocycles. The van der Waals surface area contributed by atoms with Gasteiger partial charge in [0.2, 0.25) is 0 Å². The van der Waals surface area contributed by atoms with Gasteiger partial charge in [-0.3, -0.25) is 32.7 Å². The van der Waals surface area contributed by atoms with Crippen LogP contribution >= 0.6 is 23.5 Å². The Bertz CT molecular complexity index is 1870. The molecule has 0 bridgehead atoms. The molecule has 1 aliphatic heterocycles. The molecule has 5 atom stereocenters. The van der Waals surface area contributed by atoms with E-state index in [1.54, 1.807) is 0 Å². The average molecular weight is 907 g/mol. The molecule has 3 rings (SSSR count). The van der Waals surface area contributed by atoms with Gasteiger partial charge in [0.25, 0.3) is 5.56 Å². The van der Waals surface area contributed by atoms with Crippen LogP contribution in [0.4, 0.5) is 0 Å². The number of aromatic amines is 1. The molecule has 2 aromatic rings. The SMILES string of the molecule is CCCCCCCCCCCCCCCCCCOP(=O)(OCc1ccc(OC(=O)CCCC)cc1)OP(=O)(O)OP(=O)(O)OC[C@@H]1C=C[C@H](n2cc(C)c(=O)[nH]c2=O)O1. The number of aromatic nitrogens is 2. The summed E-state index contributed by atoms with van der Waals surface area (Å²) in [6.07, 6.45) is 22.2. The first-order chi connectivity index (χ1) is 28.6. The molecular formula is C40H65N2O15P3. The van der Waals surface area contributed by atoms with E-state index in [1.165, 1.54) is 120 Å². The van der Waals surface area contributed by atoms with Crippen molar-refractivity contribution in [2.24, 2.45) is 0 Å². The van der Waals surface area contributed by atoms with Crippen LogP contribution in [0.25, 0.3) is 0 Å². The first-order valence-corrected chi connectivity index (χ1v) is 25.7. The van der Waals surface area contributed by atoms with Crippen LogP contribution in [0.3, 0.4) is 0 Å². The van der Waals surface area contributed by atoms with Crippen LogP contribution in [0, 0.1) is 6.92 Å². The number of esters is 1. The number of hydrogen-bond donors (Lipinski definition) is 3. The fourth-order valence-corrected chi connectivity index (χ4v) is 10.3. The van der Waals surface area contributed by atoms with Crippen LogP contribution in [0.15, 0.2) is 52.2 Å². The Morgan fingerprint density at radius 3 is 1.88 bits per heavy atom. The fourth-order valence-electron chi connectivity index (χ4n) is 6.20. The number of nitrogens with zero attached hydrogens (tertiary/aromatic N) is 1. The Morgan fingerprint density at radius 2 is 1.30 bits per heavy atom. The van der Waals surface area contributed by atoms with Gasteiger partial charge in [-0.15, -0.1) is 0 Å². The third kappa shape index (κ3) is 21.0. The normalized spacial score (nSPS) is 18.2. The average Bonchev–Trinajstić information content (AvgIpc) is 3.67. The van der Waals surface area contributed by atoms with E-state index >= 15 is 0 Å². The van der Waals surface area contributed by atoms with Gasteiger partial charge in [-0.1, -0.05) is 135 Å². The van der Waals surface area contributed by atoms with Crippen molar-refractivity contribution in [3.63, 3.8) is 0 Å². The molecule has 0 amide bonds. The summed E-state index contributed by atoms with van der Waals surface area (Å²) in [4.78, 5) is 58.8. The lowest BCUT2D eigenvalue weighted by Crippen LogP contribution is -2.33. The van der Waals surface area contributed by atoms with Gasteiger partial charge in [0.15, 0.2) is 6.23 Å². The molecule has 1 aliphatic rings. The molecule has 0 saturated carbocycles. The minimum Gasteiger partial charge on any atom is -0.427 e. The Hall–Kier alpha value is -2.52. The van der Waals surface area contributed by atoms with Crippen LogP contribution in [0.1, 0.15) is 153 Å². The summed E-state index contributed by atoms with van der Waals surface area (Å²) in [6, 6.07) is 6.03. The molecule has 3 N–H and O–H groups in total. The number of ether oxygens (including phenoxy) is 2. The number of nitrogens with one attached hydrogen (secondary N) is 1. The Kier molecular flexibility index (Phi) is 23.8. The van der Waals surface area contributed by atoms with E-state index in [9.17, 15) is 37.9 Å². The molecular weight excluding hydrogens is 841 g/mol. The molecule has 2 heterocycles. The molecule has 0 spiro atoms. The largest absolute Gasteiger partial charge is 0.490 e. The summed E-state index contributed by atoms with van der Waals surface area (Å²) >= 11 is 0. The molecule has 60 heavy (non-hydrogen) atoms. The third-order valence-corrected chi connectivity index (χ3v) is 14.3. The summed E-state index contributed by atoms with van der Waals surface area (Å²) < 4.78 is 76.4. The highest BCUT2D eigenvalue weighted by Crippen LogP contribution is 2.69. The topological polar surface area (TPSA) is 228 Å². The highest BCUT2D eigenvalue weighted by atomic mass is 31.3. The number of carbonyl (C=O) groups is 1. The number of benzene rings is 1. The number of H-pyrrole nitrogens is 1.